The highest BCUT2D eigenvalue weighted by molar-refractivity contribution is 5.75. The van der Waals surface area contributed by atoms with Crippen molar-refractivity contribution in [1.29, 1.82) is 0 Å². The Kier molecular flexibility index (Phi) is 5.28. The van der Waals surface area contributed by atoms with Gasteiger partial charge in [-0.2, -0.15) is 0 Å². The molecule has 8 heteroatoms. The Labute approximate surface area is 111 Å². The summed E-state index contributed by atoms with van der Waals surface area (Å²) in [6.45, 7) is 3.95. The van der Waals surface area contributed by atoms with Crippen molar-refractivity contribution in [2.45, 2.75) is 32.9 Å². The molecule has 1 unspecified atom stereocenters. The lowest BCUT2D eigenvalue weighted by atomic mass is 10.0. The van der Waals surface area contributed by atoms with Gasteiger partial charge in [0.1, 0.15) is 6.33 Å². The Balaban J connectivity index is 2.44. The third-order valence-corrected chi connectivity index (χ3v) is 2.73. The molecule has 0 fully saturated rings. The van der Waals surface area contributed by atoms with E-state index in [0.29, 0.717) is 5.82 Å². The first-order valence-corrected chi connectivity index (χ1v) is 5.99. The van der Waals surface area contributed by atoms with Gasteiger partial charge in [0.25, 0.3) is 0 Å². The van der Waals surface area contributed by atoms with Crippen LogP contribution in [0.15, 0.2) is 6.33 Å². The maximum atomic E-state index is 11.7. The average molecular weight is 269 g/mol. The van der Waals surface area contributed by atoms with Crippen LogP contribution in [0, 0.1) is 5.92 Å². The number of nitrogens with zero attached hydrogens (tertiary/aromatic N) is 3. The number of urea groups is 1. The quantitative estimate of drug-likeness (QED) is 0.679. The number of carboxylic acid groups (broad SMARTS) is 1. The molecular weight excluding hydrogens is 250 g/mol. The molecular formula is C11H19N5O3. The van der Waals surface area contributed by atoms with Crippen LogP contribution in [0.5, 0.6) is 0 Å². The average Bonchev–Trinajstić information content (AvgIpc) is 2.70. The van der Waals surface area contributed by atoms with E-state index in [4.69, 9.17) is 5.11 Å². The largest absolute Gasteiger partial charge is 0.481 e. The predicted octanol–water partition coefficient (Wildman–Crippen LogP) is 0.114. The number of nitrogens with one attached hydrogen (secondary N) is 2. The minimum absolute atomic E-state index is 0.0386. The summed E-state index contributed by atoms with van der Waals surface area (Å²) in [6, 6.07) is -0.819. The fraction of sp³-hybridized carbons (Fsp3) is 0.636. The van der Waals surface area contributed by atoms with Gasteiger partial charge in [0, 0.05) is 13.1 Å². The van der Waals surface area contributed by atoms with Crippen LogP contribution in [0.3, 0.4) is 0 Å². The molecule has 19 heavy (non-hydrogen) atoms. The van der Waals surface area contributed by atoms with Crippen molar-refractivity contribution in [3.63, 3.8) is 0 Å². The van der Waals surface area contributed by atoms with E-state index in [1.54, 1.807) is 11.6 Å². The van der Waals surface area contributed by atoms with Crippen molar-refractivity contribution in [1.82, 2.24) is 25.4 Å². The van der Waals surface area contributed by atoms with E-state index in [2.05, 4.69) is 20.8 Å². The second-order valence-corrected chi connectivity index (χ2v) is 4.63. The normalized spacial score (nSPS) is 12.2. The molecule has 0 aromatic carbocycles. The zero-order valence-corrected chi connectivity index (χ0v) is 11.3. The predicted molar refractivity (Wildman–Crippen MR) is 67.3 cm³/mol. The van der Waals surface area contributed by atoms with E-state index in [0.717, 1.165) is 0 Å². The maximum Gasteiger partial charge on any atom is 0.315 e. The maximum absolute atomic E-state index is 11.7. The van der Waals surface area contributed by atoms with Crippen LogP contribution in [0.25, 0.3) is 0 Å². The second-order valence-electron chi connectivity index (χ2n) is 4.63. The first kappa shape index (κ1) is 14.9. The molecule has 1 aromatic rings. The van der Waals surface area contributed by atoms with Crippen LogP contribution in [0.1, 0.15) is 26.1 Å². The van der Waals surface area contributed by atoms with E-state index in [9.17, 15) is 9.59 Å². The number of carboxylic acids is 1. The van der Waals surface area contributed by atoms with Crippen LogP contribution in [0.2, 0.25) is 0 Å². The number of aromatic nitrogens is 3. The second kappa shape index (κ2) is 6.72. The zero-order chi connectivity index (χ0) is 14.4. The van der Waals surface area contributed by atoms with Gasteiger partial charge in [-0.1, -0.05) is 13.8 Å². The summed E-state index contributed by atoms with van der Waals surface area (Å²) in [4.78, 5) is 22.4. The molecule has 0 radical (unpaired) electrons. The van der Waals surface area contributed by atoms with E-state index >= 15 is 0 Å². The van der Waals surface area contributed by atoms with Crippen molar-refractivity contribution in [3.8, 4) is 0 Å². The Bertz CT molecular complexity index is 443. The molecule has 1 atom stereocenters. The smallest absolute Gasteiger partial charge is 0.315 e. The van der Waals surface area contributed by atoms with Gasteiger partial charge in [0.2, 0.25) is 0 Å². The molecule has 0 bridgehead atoms. The van der Waals surface area contributed by atoms with Crippen molar-refractivity contribution < 1.29 is 14.7 Å². The van der Waals surface area contributed by atoms with Crippen LogP contribution >= 0.6 is 0 Å². The molecule has 3 N–H and O–H groups in total. The number of aliphatic carboxylic acids is 1. The number of hydrogen-bond donors (Lipinski definition) is 3. The summed E-state index contributed by atoms with van der Waals surface area (Å²) in [5.74, 6) is -0.279. The molecule has 0 saturated carbocycles. The molecule has 8 nitrogen and oxygen atoms in total. The molecule has 0 spiro atoms. The minimum Gasteiger partial charge on any atom is -0.481 e. The van der Waals surface area contributed by atoms with Crippen LogP contribution in [-0.2, 0) is 18.4 Å². The summed E-state index contributed by atoms with van der Waals surface area (Å²) in [5, 5.41) is 21.5. The van der Waals surface area contributed by atoms with Crippen molar-refractivity contribution in [2.75, 3.05) is 0 Å². The lowest BCUT2D eigenvalue weighted by Gasteiger charge is -2.20. The topological polar surface area (TPSA) is 109 Å². The van der Waals surface area contributed by atoms with E-state index < -0.39 is 18.0 Å². The number of hydrogen-bond acceptors (Lipinski definition) is 4. The lowest BCUT2D eigenvalue weighted by molar-refractivity contribution is -0.137. The minimum atomic E-state index is -0.938. The van der Waals surface area contributed by atoms with Crippen LogP contribution in [-0.4, -0.2) is 37.9 Å². The molecule has 0 saturated heterocycles. The standard InChI is InChI=1S/C11H19N5O3/c1-7(2)8(4-10(17)18)14-11(19)12-5-9-15-13-6-16(9)3/h6-8H,4-5H2,1-3H3,(H,17,18)(H2,12,14,19). The molecule has 0 aliphatic heterocycles. The molecule has 1 heterocycles. The highest BCUT2D eigenvalue weighted by Gasteiger charge is 2.19. The Morgan fingerprint density at radius 3 is 2.63 bits per heavy atom. The van der Waals surface area contributed by atoms with Crippen LogP contribution in [0.4, 0.5) is 4.79 Å². The highest BCUT2D eigenvalue weighted by atomic mass is 16.4. The summed E-state index contributed by atoms with van der Waals surface area (Å²) in [7, 11) is 1.77. The number of amides is 2. The summed E-state index contributed by atoms with van der Waals surface area (Å²) < 4.78 is 1.69. The van der Waals surface area contributed by atoms with Crippen molar-refractivity contribution >= 4 is 12.0 Å². The SMILES string of the molecule is CC(C)C(CC(=O)O)NC(=O)NCc1nncn1C. The molecule has 1 aromatic heterocycles. The monoisotopic (exact) mass is 269 g/mol. The van der Waals surface area contributed by atoms with Gasteiger partial charge < -0.3 is 20.3 Å². The van der Waals surface area contributed by atoms with Gasteiger partial charge in [-0.05, 0) is 5.92 Å². The highest BCUT2D eigenvalue weighted by Crippen LogP contribution is 2.05. The molecule has 0 aliphatic carbocycles. The Morgan fingerprint density at radius 1 is 1.47 bits per heavy atom. The Morgan fingerprint density at radius 2 is 2.16 bits per heavy atom. The Hall–Kier alpha value is -2.12. The van der Waals surface area contributed by atoms with Crippen LogP contribution < -0.4 is 10.6 Å². The zero-order valence-electron chi connectivity index (χ0n) is 11.3. The van der Waals surface area contributed by atoms with Gasteiger partial charge in [-0.3, -0.25) is 4.79 Å². The third-order valence-electron chi connectivity index (χ3n) is 2.73. The number of rotatable bonds is 6. The molecule has 2 amide bonds. The number of aryl methyl sites for hydroxylation is 1. The molecule has 1 rings (SSSR count). The number of carbonyl (C=O) groups excluding carboxylic acids is 1. The first-order valence-electron chi connectivity index (χ1n) is 5.99. The van der Waals surface area contributed by atoms with Crippen molar-refractivity contribution in [3.05, 3.63) is 12.2 Å². The van der Waals surface area contributed by atoms with E-state index in [1.165, 1.54) is 6.33 Å². The van der Waals surface area contributed by atoms with Gasteiger partial charge in [0.15, 0.2) is 5.82 Å². The third kappa shape index (κ3) is 4.94. The van der Waals surface area contributed by atoms with Gasteiger partial charge in [-0.25, -0.2) is 4.79 Å². The van der Waals surface area contributed by atoms with E-state index in [1.807, 2.05) is 13.8 Å². The fourth-order valence-corrected chi connectivity index (χ4v) is 1.49. The fourth-order valence-electron chi connectivity index (χ4n) is 1.49. The van der Waals surface area contributed by atoms with Gasteiger partial charge in [-0.15, -0.1) is 10.2 Å². The molecule has 0 aliphatic rings. The van der Waals surface area contributed by atoms with Gasteiger partial charge in [0.05, 0.1) is 13.0 Å². The van der Waals surface area contributed by atoms with Crippen molar-refractivity contribution in [2.24, 2.45) is 13.0 Å². The summed E-state index contributed by atoms with van der Waals surface area (Å²) in [6.07, 6.45) is 1.44. The first-order chi connectivity index (χ1) is 8.90. The number of carbonyl (C=O) groups is 2. The van der Waals surface area contributed by atoms with E-state index in [-0.39, 0.29) is 18.9 Å². The van der Waals surface area contributed by atoms with Gasteiger partial charge >= 0.3 is 12.0 Å². The summed E-state index contributed by atoms with van der Waals surface area (Å²) >= 11 is 0. The molecule has 106 valence electrons. The lowest BCUT2D eigenvalue weighted by Crippen LogP contribution is -2.45. The summed E-state index contributed by atoms with van der Waals surface area (Å²) in [5.41, 5.74) is 0.